The molecule has 0 bridgehead atoms. The minimum absolute atomic E-state index is 0.178. The summed E-state index contributed by atoms with van der Waals surface area (Å²) >= 11 is 0. The van der Waals surface area contributed by atoms with Gasteiger partial charge in [-0.2, -0.15) is 0 Å². The average Bonchev–Trinajstić information content (AvgIpc) is 2.38. The minimum atomic E-state index is -0.303. The zero-order chi connectivity index (χ0) is 13.6. The Kier molecular flexibility index (Phi) is 11.6. The first kappa shape index (κ1) is 16.9. The van der Waals surface area contributed by atoms with Gasteiger partial charge in [0.25, 0.3) is 0 Å². The molecule has 18 heavy (non-hydrogen) atoms. The van der Waals surface area contributed by atoms with Crippen molar-refractivity contribution in [2.24, 2.45) is 0 Å². The van der Waals surface area contributed by atoms with Gasteiger partial charge in [-0.1, -0.05) is 26.2 Å². The molecule has 0 aromatic carbocycles. The Morgan fingerprint density at radius 1 is 0.889 bits per heavy atom. The van der Waals surface area contributed by atoms with Gasteiger partial charge in [-0.05, 0) is 6.42 Å². The monoisotopic (exact) mass is 260 g/mol. The number of carbonyl (C=O) groups is 2. The highest BCUT2D eigenvalue weighted by atomic mass is 16.6. The quantitative estimate of drug-likeness (QED) is 0.420. The molecule has 0 rings (SSSR count). The molecule has 0 aliphatic rings. The Hall–Kier alpha value is -1.10. The molecule has 0 saturated heterocycles. The lowest BCUT2D eigenvalue weighted by Crippen LogP contribution is -2.12. The first-order chi connectivity index (χ1) is 8.70. The summed E-state index contributed by atoms with van der Waals surface area (Å²) < 4.78 is 14.6. The van der Waals surface area contributed by atoms with Crippen LogP contribution < -0.4 is 0 Å². The summed E-state index contributed by atoms with van der Waals surface area (Å²) in [7, 11) is 1.34. The van der Waals surface area contributed by atoms with E-state index in [0.29, 0.717) is 19.6 Å². The van der Waals surface area contributed by atoms with Gasteiger partial charge in [0.15, 0.2) is 0 Å². The van der Waals surface area contributed by atoms with Crippen LogP contribution in [0.2, 0.25) is 0 Å². The largest absolute Gasteiger partial charge is 0.469 e. The number of hydrogen-bond acceptors (Lipinski definition) is 5. The molecule has 0 aliphatic carbocycles. The summed E-state index contributed by atoms with van der Waals surface area (Å²) in [6.45, 7) is 2.98. The molecule has 0 aromatic rings. The minimum Gasteiger partial charge on any atom is -0.469 e. The summed E-state index contributed by atoms with van der Waals surface area (Å²) in [5.41, 5.74) is 0. The van der Waals surface area contributed by atoms with Crippen molar-refractivity contribution in [3.05, 3.63) is 0 Å². The second kappa shape index (κ2) is 12.4. The summed E-state index contributed by atoms with van der Waals surface area (Å²) in [6.07, 6.45) is 4.97. The van der Waals surface area contributed by atoms with Crippen molar-refractivity contribution in [2.75, 3.05) is 26.9 Å². The smallest absolute Gasteiger partial charge is 0.307 e. The summed E-state index contributed by atoms with van der Waals surface area (Å²) in [5, 5.41) is 0. The Labute approximate surface area is 109 Å². The number of unbranched alkanes of at least 4 members (excludes halogenated alkanes) is 3. The van der Waals surface area contributed by atoms with E-state index in [1.807, 2.05) is 0 Å². The molecule has 0 heterocycles. The molecule has 0 saturated carbocycles. The van der Waals surface area contributed by atoms with Gasteiger partial charge in [-0.25, -0.2) is 0 Å². The van der Waals surface area contributed by atoms with Crippen LogP contribution in [0.1, 0.15) is 45.4 Å². The van der Waals surface area contributed by atoms with E-state index in [4.69, 9.17) is 9.47 Å². The molecule has 0 radical (unpaired) electrons. The van der Waals surface area contributed by atoms with E-state index in [0.717, 1.165) is 25.7 Å². The van der Waals surface area contributed by atoms with E-state index >= 15 is 0 Å². The third kappa shape index (κ3) is 11.4. The number of rotatable bonds is 11. The molecule has 0 atom stereocenters. The van der Waals surface area contributed by atoms with Gasteiger partial charge in [0, 0.05) is 6.42 Å². The number of carbonyl (C=O) groups excluding carboxylic acids is 2. The molecule has 0 amide bonds. The molecular weight excluding hydrogens is 236 g/mol. The maximum atomic E-state index is 11.2. The Balaban J connectivity index is 3.22. The fourth-order valence-corrected chi connectivity index (χ4v) is 1.34. The van der Waals surface area contributed by atoms with Gasteiger partial charge in [0.2, 0.25) is 0 Å². The Morgan fingerprint density at radius 2 is 1.67 bits per heavy atom. The van der Waals surface area contributed by atoms with Gasteiger partial charge in [-0.15, -0.1) is 0 Å². The molecule has 0 aromatic heterocycles. The normalized spacial score (nSPS) is 10.1. The molecule has 5 nitrogen and oxygen atoms in total. The highest BCUT2D eigenvalue weighted by Gasteiger charge is 2.03. The van der Waals surface area contributed by atoms with Crippen LogP contribution in [0.15, 0.2) is 0 Å². The van der Waals surface area contributed by atoms with E-state index in [2.05, 4.69) is 11.7 Å². The molecule has 0 unspecified atom stereocenters. The van der Waals surface area contributed by atoms with E-state index in [9.17, 15) is 9.59 Å². The first-order valence-electron chi connectivity index (χ1n) is 6.50. The molecular formula is C13H24O5. The van der Waals surface area contributed by atoms with Crippen LogP contribution in [0.3, 0.4) is 0 Å². The van der Waals surface area contributed by atoms with Crippen LogP contribution in [-0.2, 0) is 23.8 Å². The van der Waals surface area contributed by atoms with Crippen LogP contribution in [0, 0.1) is 0 Å². The lowest BCUT2D eigenvalue weighted by atomic mass is 10.2. The molecule has 0 spiro atoms. The zero-order valence-corrected chi connectivity index (χ0v) is 11.4. The number of methoxy groups -OCH3 is 1. The van der Waals surface area contributed by atoms with Crippen molar-refractivity contribution in [2.45, 2.75) is 45.4 Å². The van der Waals surface area contributed by atoms with Gasteiger partial charge >= 0.3 is 11.9 Å². The first-order valence-corrected chi connectivity index (χ1v) is 6.50. The van der Waals surface area contributed by atoms with E-state index in [-0.39, 0.29) is 25.0 Å². The predicted octanol–water partition coefficient (Wildman–Crippen LogP) is 2.08. The highest BCUT2D eigenvalue weighted by Crippen LogP contribution is 2.03. The standard InChI is InChI=1S/C13H24O5/c1-3-4-5-6-7-13(15)18-11-10-17-9-8-12(14)16-2/h3-11H2,1-2H3. The van der Waals surface area contributed by atoms with Gasteiger partial charge in [0.1, 0.15) is 6.61 Å². The van der Waals surface area contributed by atoms with Crippen LogP contribution in [0.25, 0.3) is 0 Å². The van der Waals surface area contributed by atoms with Gasteiger partial charge in [0.05, 0.1) is 26.7 Å². The topological polar surface area (TPSA) is 61.8 Å². The third-order valence-corrected chi connectivity index (χ3v) is 2.40. The maximum absolute atomic E-state index is 11.2. The van der Waals surface area contributed by atoms with Crippen LogP contribution >= 0.6 is 0 Å². The molecule has 5 heteroatoms. The second-order valence-electron chi connectivity index (χ2n) is 3.97. The second-order valence-corrected chi connectivity index (χ2v) is 3.97. The molecule has 0 aliphatic heterocycles. The molecule has 0 fully saturated rings. The predicted molar refractivity (Wildman–Crippen MR) is 67.2 cm³/mol. The fourth-order valence-electron chi connectivity index (χ4n) is 1.34. The highest BCUT2D eigenvalue weighted by molar-refractivity contribution is 5.69. The maximum Gasteiger partial charge on any atom is 0.307 e. The van der Waals surface area contributed by atoms with Crippen molar-refractivity contribution in [3.63, 3.8) is 0 Å². The van der Waals surface area contributed by atoms with E-state index in [1.165, 1.54) is 7.11 Å². The SMILES string of the molecule is CCCCCCC(=O)OCCOCCC(=O)OC. The van der Waals surface area contributed by atoms with Crippen molar-refractivity contribution < 1.29 is 23.8 Å². The van der Waals surface area contributed by atoms with E-state index < -0.39 is 0 Å². The van der Waals surface area contributed by atoms with Crippen molar-refractivity contribution in [1.82, 2.24) is 0 Å². The number of ether oxygens (including phenoxy) is 3. The fraction of sp³-hybridized carbons (Fsp3) is 0.846. The zero-order valence-electron chi connectivity index (χ0n) is 11.4. The van der Waals surface area contributed by atoms with Crippen molar-refractivity contribution in [3.8, 4) is 0 Å². The molecule has 106 valence electrons. The summed E-state index contributed by atoms with van der Waals surface area (Å²) in [6, 6.07) is 0. The summed E-state index contributed by atoms with van der Waals surface area (Å²) in [5.74, 6) is -0.481. The number of esters is 2. The van der Waals surface area contributed by atoms with Gasteiger partial charge in [-0.3, -0.25) is 9.59 Å². The van der Waals surface area contributed by atoms with E-state index in [1.54, 1.807) is 0 Å². The van der Waals surface area contributed by atoms with Crippen molar-refractivity contribution in [1.29, 1.82) is 0 Å². The molecule has 0 N–H and O–H groups in total. The van der Waals surface area contributed by atoms with Crippen LogP contribution in [-0.4, -0.2) is 38.9 Å². The van der Waals surface area contributed by atoms with Gasteiger partial charge < -0.3 is 14.2 Å². The third-order valence-electron chi connectivity index (χ3n) is 2.40. The average molecular weight is 260 g/mol. The lowest BCUT2D eigenvalue weighted by Gasteiger charge is -2.05. The summed E-state index contributed by atoms with van der Waals surface area (Å²) in [4.78, 5) is 22.0. The van der Waals surface area contributed by atoms with Crippen molar-refractivity contribution >= 4 is 11.9 Å². The van der Waals surface area contributed by atoms with Crippen LogP contribution in [0.5, 0.6) is 0 Å². The number of hydrogen-bond donors (Lipinski definition) is 0. The Bertz CT molecular complexity index is 227. The van der Waals surface area contributed by atoms with Crippen LogP contribution in [0.4, 0.5) is 0 Å². The lowest BCUT2D eigenvalue weighted by molar-refractivity contribution is -0.147. The Morgan fingerprint density at radius 3 is 2.33 bits per heavy atom.